The van der Waals surface area contributed by atoms with Crippen molar-refractivity contribution in [3.05, 3.63) is 42.0 Å². The number of nitrogens with zero attached hydrogens (tertiary/aromatic N) is 2. The van der Waals surface area contributed by atoms with Gasteiger partial charge in [0.25, 0.3) is 5.91 Å². The minimum atomic E-state index is -0.0428. The summed E-state index contributed by atoms with van der Waals surface area (Å²) in [5.41, 5.74) is 3.98. The second-order valence-electron chi connectivity index (χ2n) is 6.33. The number of aromatic nitrogens is 2. The number of methoxy groups -OCH3 is 1. The number of carbonyl (C=O) groups is 1. The molecule has 142 valence electrons. The predicted octanol–water partition coefficient (Wildman–Crippen LogP) is 3.79. The van der Waals surface area contributed by atoms with Crippen LogP contribution in [0.15, 0.2) is 36.4 Å². The van der Waals surface area contributed by atoms with Crippen molar-refractivity contribution in [1.29, 1.82) is 0 Å². The number of ether oxygens (including phenoxy) is 2. The fraction of sp³-hybridized carbons (Fsp3) is 0.333. The van der Waals surface area contributed by atoms with E-state index in [-0.39, 0.29) is 12.5 Å². The lowest BCUT2D eigenvalue weighted by molar-refractivity contribution is -0.132. The van der Waals surface area contributed by atoms with E-state index >= 15 is 0 Å². The average Bonchev–Trinajstić information content (AvgIpc) is 3.10. The Hall–Kier alpha value is -3.02. The zero-order valence-electron chi connectivity index (χ0n) is 16.2. The van der Waals surface area contributed by atoms with E-state index in [9.17, 15) is 4.79 Å². The molecule has 0 aliphatic heterocycles. The van der Waals surface area contributed by atoms with Gasteiger partial charge in [-0.3, -0.25) is 4.79 Å². The van der Waals surface area contributed by atoms with Gasteiger partial charge >= 0.3 is 0 Å². The van der Waals surface area contributed by atoms with Gasteiger partial charge in [-0.2, -0.15) is 0 Å². The quantitative estimate of drug-likeness (QED) is 0.690. The molecule has 6 heteroatoms. The molecule has 0 fully saturated rings. The number of rotatable bonds is 7. The van der Waals surface area contributed by atoms with Crippen LogP contribution in [0.25, 0.3) is 22.4 Å². The molecule has 0 saturated heterocycles. The van der Waals surface area contributed by atoms with Gasteiger partial charge in [-0.15, -0.1) is 0 Å². The molecule has 0 bridgehead atoms. The third-order valence-corrected chi connectivity index (χ3v) is 4.54. The molecular weight excluding hydrogens is 342 g/mol. The van der Waals surface area contributed by atoms with Gasteiger partial charge in [0.05, 0.1) is 18.1 Å². The fourth-order valence-corrected chi connectivity index (χ4v) is 3.00. The maximum atomic E-state index is 12.1. The van der Waals surface area contributed by atoms with Crippen LogP contribution in [-0.4, -0.2) is 47.6 Å². The maximum absolute atomic E-state index is 12.1. The molecule has 0 spiro atoms. The van der Waals surface area contributed by atoms with Gasteiger partial charge < -0.3 is 19.4 Å². The number of carbonyl (C=O) groups excluding carboxylic acids is 1. The number of likely N-dealkylation sites (N-methyl/N-ethyl adjacent to an activating group) is 1. The molecule has 0 radical (unpaired) electrons. The Bertz CT molecular complexity index is 945. The Morgan fingerprint density at radius 1 is 1.11 bits per heavy atom. The number of H-pyrrole nitrogens is 1. The molecule has 3 rings (SSSR count). The molecule has 2 aromatic carbocycles. The molecule has 0 aliphatic carbocycles. The summed E-state index contributed by atoms with van der Waals surface area (Å²) in [7, 11) is 1.58. The highest BCUT2D eigenvalue weighted by atomic mass is 16.5. The van der Waals surface area contributed by atoms with Crippen LogP contribution >= 0.6 is 0 Å². The number of hydrogen-bond donors (Lipinski definition) is 1. The summed E-state index contributed by atoms with van der Waals surface area (Å²) in [5.74, 6) is 1.82. The molecule has 1 amide bonds. The summed E-state index contributed by atoms with van der Waals surface area (Å²) in [6.07, 6.45) is 0. The number of aromatic amines is 1. The smallest absolute Gasteiger partial charge is 0.260 e. The van der Waals surface area contributed by atoms with E-state index in [2.05, 4.69) is 23.0 Å². The average molecular weight is 367 g/mol. The van der Waals surface area contributed by atoms with Gasteiger partial charge in [-0.1, -0.05) is 6.07 Å². The number of fused-ring (bicyclic) bond motifs is 1. The molecule has 1 heterocycles. The monoisotopic (exact) mass is 367 g/mol. The van der Waals surface area contributed by atoms with Crippen LogP contribution in [0, 0.1) is 6.92 Å². The Morgan fingerprint density at radius 3 is 2.59 bits per heavy atom. The summed E-state index contributed by atoms with van der Waals surface area (Å²) in [5, 5.41) is 0. The number of aryl methyl sites for hydroxylation is 1. The second kappa shape index (κ2) is 8.12. The van der Waals surface area contributed by atoms with Gasteiger partial charge in [0.15, 0.2) is 18.1 Å². The van der Waals surface area contributed by atoms with Crippen molar-refractivity contribution in [3.8, 4) is 22.9 Å². The zero-order chi connectivity index (χ0) is 19.4. The van der Waals surface area contributed by atoms with E-state index in [0.717, 1.165) is 22.4 Å². The molecule has 3 aromatic rings. The van der Waals surface area contributed by atoms with Crippen molar-refractivity contribution >= 4 is 16.9 Å². The first kappa shape index (κ1) is 18.8. The van der Waals surface area contributed by atoms with Crippen LogP contribution in [0.2, 0.25) is 0 Å². The van der Waals surface area contributed by atoms with Crippen molar-refractivity contribution < 1.29 is 14.3 Å². The van der Waals surface area contributed by atoms with E-state index < -0.39 is 0 Å². The number of imidazole rings is 1. The Morgan fingerprint density at radius 2 is 1.89 bits per heavy atom. The highest BCUT2D eigenvalue weighted by molar-refractivity contribution is 5.80. The van der Waals surface area contributed by atoms with Gasteiger partial charge in [0.2, 0.25) is 0 Å². The maximum Gasteiger partial charge on any atom is 0.260 e. The first-order valence-electron chi connectivity index (χ1n) is 9.11. The van der Waals surface area contributed by atoms with E-state index in [0.29, 0.717) is 24.6 Å². The summed E-state index contributed by atoms with van der Waals surface area (Å²) in [6, 6.07) is 11.7. The van der Waals surface area contributed by atoms with Crippen molar-refractivity contribution in [2.45, 2.75) is 20.8 Å². The highest BCUT2D eigenvalue weighted by Crippen LogP contribution is 2.32. The predicted molar refractivity (Wildman–Crippen MR) is 106 cm³/mol. The van der Waals surface area contributed by atoms with Crippen LogP contribution < -0.4 is 9.47 Å². The molecule has 0 atom stereocenters. The number of nitrogens with one attached hydrogen (secondary N) is 1. The van der Waals surface area contributed by atoms with E-state index in [1.807, 2.05) is 44.2 Å². The van der Waals surface area contributed by atoms with Crippen LogP contribution in [0.1, 0.15) is 19.4 Å². The zero-order valence-corrected chi connectivity index (χ0v) is 16.2. The molecule has 0 unspecified atom stereocenters. The summed E-state index contributed by atoms with van der Waals surface area (Å²) in [4.78, 5) is 21.8. The van der Waals surface area contributed by atoms with E-state index in [1.54, 1.807) is 12.0 Å². The fourth-order valence-electron chi connectivity index (χ4n) is 3.00. The van der Waals surface area contributed by atoms with Crippen LogP contribution in [-0.2, 0) is 4.79 Å². The van der Waals surface area contributed by atoms with E-state index in [4.69, 9.17) is 9.47 Å². The summed E-state index contributed by atoms with van der Waals surface area (Å²) in [6.45, 7) is 7.27. The van der Waals surface area contributed by atoms with Gasteiger partial charge in [-0.25, -0.2) is 4.98 Å². The minimum absolute atomic E-state index is 0.0126. The number of hydrogen-bond acceptors (Lipinski definition) is 4. The summed E-state index contributed by atoms with van der Waals surface area (Å²) >= 11 is 0. The van der Waals surface area contributed by atoms with Crippen LogP contribution in [0.4, 0.5) is 0 Å². The molecule has 1 aromatic heterocycles. The standard InChI is InChI=1S/C21H25N3O3/c1-5-24(6-2)20(25)13-27-18-10-8-15(12-19(18)26-4)21-22-16-9-7-14(3)11-17(16)23-21/h7-12H,5-6,13H2,1-4H3,(H,22,23). The molecular formula is C21H25N3O3. The van der Waals surface area contributed by atoms with Crippen molar-refractivity contribution in [3.63, 3.8) is 0 Å². The first-order valence-corrected chi connectivity index (χ1v) is 9.11. The lowest BCUT2D eigenvalue weighted by Crippen LogP contribution is -2.34. The lowest BCUT2D eigenvalue weighted by Gasteiger charge is -2.19. The van der Waals surface area contributed by atoms with Gasteiger partial charge in [-0.05, 0) is 56.7 Å². The van der Waals surface area contributed by atoms with Crippen LogP contribution in [0.3, 0.4) is 0 Å². The summed E-state index contributed by atoms with van der Waals surface area (Å²) < 4.78 is 11.1. The number of benzene rings is 2. The van der Waals surface area contributed by atoms with E-state index in [1.165, 1.54) is 5.56 Å². The van der Waals surface area contributed by atoms with Crippen molar-refractivity contribution in [1.82, 2.24) is 14.9 Å². The third-order valence-electron chi connectivity index (χ3n) is 4.54. The first-order chi connectivity index (χ1) is 13.0. The second-order valence-corrected chi connectivity index (χ2v) is 6.33. The largest absolute Gasteiger partial charge is 0.493 e. The Balaban J connectivity index is 1.82. The van der Waals surface area contributed by atoms with Crippen LogP contribution in [0.5, 0.6) is 11.5 Å². The molecule has 27 heavy (non-hydrogen) atoms. The topological polar surface area (TPSA) is 67.5 Å². The lowest BCUT2D eigenvalue weighted by atomic mass is 10.2. The SMILES string of the molecule is CCN(CC)C(=O)COc1ccc(-c2nc3ccc(C)cc3[nH]2)cc1OC. The van der Waals surface area contributed by atoms with Gasteiger partial charge in [0, 0.05) is 18.7 Å². The minimum Gasteiger partial charge on any atom is -0.493 e. The highest BCUT2D eigenvalue weighted by Gasteiger charge is 2.14. The van der Waals surface area contributed by atoms with Crippen molar-refractivity contribution in [2.24, 2.45) is 0 Å². The molecule has 1 N–H and O–H groups in total. The van der Waals surface area contributed by atoms with Crippen molar-refractivity contribution in [2.75, 3.05) is 26.8 Å². The number of amides is 1. The molecule has 6 nitrogen and oxygen atoms in total. The Labute approximate surface area is 159 Å². The molecule has 0 saturated carbocycles. The third kappa shape index (κ3) is 4.05. The normalized spacial score (nSPS) is 10.8. The Kier molecular flexibility index (Phi) is 5.64. The molecule has 0 aliphatic rings. The van der Waals surface area contributed by atoms with Gasteiger partial charge in [0.1, 0.15) is 5.82 Å².